The molecular formula is C10H15N3S. The molecule has 0 saturated heterocycles. The summed E-state index contributed by atoms with van der Waals surface area (Å²) in [6.07, 6.45) is 5.34. The molecule has 2 N–H and O–H groups in total. The maximum Gasteiger partial charge on any atom is 0.0733 e. The van der Waals surface area contributed by atoms with Crippen molar-refractivity contribution in [3.8, 4) is 0 Å². The monoisotopic (exact) mass is 209 g/mol. The lowest BCUT2D eigenvalue weighted by molar-refractivity contribution is 0.409. The van der Waals surface area contributed by atoms with Crippen LogP contribution in [-0.2, 0) is 6.54 Å². The second-order valence-corrected chi connectivity index (χ2v) is 4.82. The number of hydrogen-bond acceptors (Lipinski definition) is 2. The van der Waals surface area contributed by atoms with Crippen molar-refractivity contribution in [2.45, 2.75) is 32.7 Å². The van der Waals surface area contributed by atoms with Crippen LogP contribution in [0.3, 0.4) is 0 Å². The molecule has 1 aromatic heterocycles. The van der Waals surface area contributed by atoms with Gasteiger partial charge in [0, 0.05) is 19.2 Å². The Morgan fingerprint density at radius 1 is 1.71 bits per heavy atom. The van der Waals surface area contributed by atoms with Gasteiger partial charge in [0.05, 0.1) is 10.7 Å². The zero-order chi connectivity index (χ0) is 10.2. The van der Waals surface area contributed by atoms with Gasteiger partial charge in [-0.2, -0.15) is 5.10 Å². The smallest absolute Gasteiger partial charge is 0.0733 e. The molecule has 14 heavy (non-hydrogen) atoms. The number of rotatable bonds is 4. The molecule has 0 bridgehead atoms. The highest BCUT2D eigenvalue weighted by Gasteiger charge is 2.43. The van der Waals surface area contributed by atoms with E-state index in [-0.39, 0.29) is 0 Å². The van der Waals surface area contributed by atoms with Gasteiger partial charge in [0.25, 0.3) is 0 Å². The van der Waals surface area contributed by atoms with Crippen LogP contribution in [0.4, 0.5) is 0 Å². The maximum atomic E-state index is 5.58. The van der Waals surface area contributed by atoms with Gasteiger partial charge in [-0.05, 0) is 31.2 Å². The first-order chi connectivity index (χ1) is 6.60. The fraction of sp³-hybridized carbons (Fsp3) is 0.600. The summed E-state index contributed by atoms with van der Waals surface area (Å²) in [5, 5.41) is 4.38. The lowest BCUT2D eigenvalue weighted by Gasteiger charge is -2.13. The fourth-order valence-electron chi connectivity index (χ4n) is 1.83. The van der Waals surface area contributed by atoms with Gasteiger partial charge < -0.3 is 5.73 Å². The van der Waals surface area contributed by atoms with Gasteiger partial charge in [-0.3, -0.25) is 4.68 Å². The van der Waals surface area contributed by atoms with E-state index in [2.05, 4.69) is 5.10 Å². The highest BCUT2D eigenvalue weighted by molar-refractivity contribution is 7.80. The second kappa shape index (κ2) is 3.35. The molecular weight excluding hydrogens is 194 g/mol. The third kappa shape index (κ3) is 2.12. The summed E-state index contributed by atoms with van der Waals surface area (Å²) in [6.45, 7) is 2.96. The van der Waals surface area contributed by atoms with Crippen LogP contribution in [0.25, 0.3) is 0 Å². The Morgan fingerprint density at radius 3 is 2.86 bits per heavy atom. The lowest BCUT2D eigenvalue weighted by atomic mass is 10.0. The topological polar surface area (TPSA) is 43.8 Å². The van der Waals surface area contributed by atoms with Gasteiger partial charge in [0.1, 0.15) is 0 Å². The predicted octanol–water partition coefficient (Wildman–Crippen LogP) is 1.65. The largest absolute Gasteiger partial charge is 0.393 e. The SMILES string of the molecule is Cc1ccn(CC2(CC(N)=S)CC2)n1. The minimum atomic E-state index is 0.324. The van der Waals surface area contributed by atoms with Crippen LogP contribution >= 0.6 is 12.2 Å². The standard InChI is InChI=1S/C10H15N3S/c1-8-2-5-13(12-8)7-10(3-4-10)6-9(11)14/h2,5H,3-4,6-7H2,1H3,(H2,11,14). The van der Waals surface area contributed by atoms with Crippen molar-refractivity contribution in [2.75, 3.05) is 0 Å². The zero-order valence-corrected chi connectivity index (χ0v) is 9.18. The van der Waals surface area contributed by atoms with Crippen LogP contribution in [-0.4, -0.2) is 14.8 Å². The summed E-state index contributed by atoms with van der Waals surface area (Å²) >= 11 is 4.95. The van der Waals surface area contributed by atoms with Gasteiger partial charge in [0.2, 0.25) is 0 Å². The second-order valence-electron chi connectivity index (χ2n) is 4.30. The van der Waals surface area contributed by atoms with Crippen molar-refractivity contribution in [1.29, 1.82) is 0 Å². The Kier molecular flexibility index (Phi) is 2.31. The summed E-state index contributed by atoms with van der Waals surface area (Å²) < 4.78 is 2.00. The molecule has 0 atom stereocenters. The average Bonchev–Trinajstić information content (AvgIpc) is 2.67. The van der Waals surface area contributed by atoms with Gasteiger partial charge in [-0.25, -0.2) is 0 Å². The summed E-state index contributed by atoms with van der Waals surface area (Å²) in [4.78, 5) is 0.631. The molecule has 1 aliphatic rings. The number of aromatic nitrogens is 2. The Bertz CT molecular complexity index is 352. The summed E-state index contributed by atoms with van der Waals surface area (Å²) in [6, 6.07) is 2.02. The molecule has 2 rings (SSSR count). The van der Waals surface area contributed by atoms with E-state index in [4.69, 9.17) is 18.0 Å². The first kappa shape index (κ1) is 9.65. The molecule has 3 nitrogen and oxygen atoms in total. The molecule has 76 valence electrons. The Hall–Kier alpha value is -0.900. The van der Waals surface area contributed by atoms with Crippen LogP contribution in [0.2, 0.25) is 0 Å². The van der Waals surface area contributed by atoms with Crippen LogP contribution < -0.4 is 5.73 Å². The van der Waals surface area contributed by atoms with E-state index in [9.17, 15) is 0 Å². The van der Waals surface area contributed by atoms with E-state index in [1.807, 2.05) is 23.9 Å². The molecule has 0 amide bonds. The van der Waals surface area contributed by atoms with E-state index in [1.165, 1.54) is 12.8 Å². The summed E-state index contributed by atoms with van der Waals surface area (Å²) in [5.74, 6) is 0. The predicted molar refractivity (Wildman–Crippen MR) is 60.0 cm³/mol. The van der Waals surface area contributed by atoms with Crippen molar-refractivity contribution in [3.63, 3.8) is 0 Å². The molecule has 0 radical (unpaired) electrons. The minimum absolute atomic E-state index is 0.324. The van der Waals surface area contributed by atoms with Gasteiger partial charge in [-0.15, -0.1) is 0 Å². The van der Waals surface area contributed by atoms with Crippen molar-refractivity contribution in [2.24, 2.45) is 11.1 Å². The number of hydrogen-bond donors (Lipinski definition) is 1. The number of nitrogens with zero attached hydrogens (tertiary/aromatic N) is 2. The van der Waals surface area contributed by atoms with Gasteiger partial charge >= 0.3 is 0 Å². The molecule has 1 saturated carbocycles. The van der Waals surface area contributed by atoms with Crippen LogP contribution in [0.15, 0.2) is 12.3 Å². The van der Waals surface area contributed by atoms with Crippen molar-refractivity contribution < 1.29 is 0 Å². The molecule has 0 unspecified atom stereocenters. The van der Waals surface area contributed by atoms with Crippen molar-refractivity contribution in [1.82, 2.24) is 9.78 Å². The van der Waals surface area contributed by atoms with Crippen molar-refractivity contribution >= 4 is 17.2 Å². The third-order valence-corrected chi connectivity index (χ3v) is 2.92. The summed E-state index contributed by atoms with van der Waals surface area (Å²) in [7, 11) is 0. The van der Waals surface area contributed by atoms with Crippen molar-refractivity contribution in [3.05, 3.63) is 18.0 Å². The number of nitrogens with two attached hydrogens (primary N) is 1. The molecule has 0 spiro atoms. The van der Waals surface area contributed by atoms with Crippen LogP contribution in [0, 0.1) is 12.3 Å². The zero-order valence-electron chi connectivity index (χ0n) is 8.36. The van der Waals surface area contributed by atoms with Gasteiger partial charge in [0.15, 0.2) is 0 Å². The fourth-order valence-corrected chi connectivity index (χ4v) is 2.14. The number of thiocarbonyl (C=S) groups is 1. The quantitative estimate of drug-likeness (QED) is 0.767. The molecule has 1 fully saturated rings. The summed E-state index contributed by atoms with van der Waals surface area (Å²) in [5.41, 5.74) is 6.97. The molecule has 0 aromatic carbocycles. The normalized spacial score (nSPS) is 18.1. The number of aryl methyl sites for hydroxylation is 1. The average molecular weight is 209 g/mol. The van der Waals surface area contributed by atoms with E-state index < -0.39 is 0 Å². The van der Waals surface area contributed by atoms with Crippen LogP contribution in [0.5, 0.6) is 0 Å². The molecule has 0 aliphatic heterocycles. The first-order valence-corrected chi connectivity index (χ1v) is 5.29. The Morgan fingerprint density at radius 2 is 2.43 bits per heavy atom. The van der Waals surface area contributed by atoms with E-state index >= 15 is 0 Å². The Balaban J connectivity index is 2.00. The van der Waals surface area contributed by atoms with E-state index in [0.29, 0.717) is 10.4 Å². The van der Waals surface area contributed by atoms with E-state index in [0.717, 1.165) is 18.7 Å². The highest BCUT2D eigenvalue weighted by atomic mass is 32.1. The van der Waals surface area contributed by atoms with Gasteiger partial charge in [-0.1, -0.05) is 12.2 Å². The molecule has 1 aromatic rings. The lowest BCUT2D eigenvalue weighted by Crippen LogP contribution is -2.20. The minimum Gasteiger partial charge on any atom is -0.393 e. The highest BCUT2D eigenvalue weighted by Crippen LogP contribution is 2.50. The Labute approximate surface area is 89.3 Å². The molecule has 4 heteroatoms. The molecule has 1 heterocycles. The first-order valence-electron chi connectivity index (χ1n) is 4.88. The third-order valence-electron chi connectivity index (χ3n) is 2.78. The van der Waals surface area contributed by atoms with Crippen LogP contribution in [0.1, 0.15) is 25.0 Å². The maximum absolute atomic E-state index is 5.58. The molecule has 1 aliphatic carbocycles. The van der Waals surface area contributed by atoms with E-state index in [1.54, 1.807) is 0 Å².